The van der Waals surface area contributed by atoms with Crippen LogP contribution in [-0.2, 0) is 0 Å². The number of pyridine rings is 1. The second kappa shape index (κ2) is 30.0. The van der Waals surface area contributed by atoms with Crippen LogP contribution in [0.3, 0.4) is 0 Å². The molecule has 0 spiro atoms. The quantitative estimate of drug-likeness (QED) is 0.137. The van der Waals surface area contributed by atoms with Gasteiger partial charge in [0.1, 0.15) is 5.82 Å². The molecule has 0 bridgehead atoms. The van der Waals surface area contributed by atoms with Crippen molar-refractivity contribution in [3.63, 3.8) is 0 Å². The highest BCUT2D eigenvalue weighted by Gasteiger charge is 2.26. The molecule has 15 nitrogen and oxygen atoms in total. The zero-order valence-corrected chi connectivity index (χ0v) is 72.4. The highest BCUT2D eigenvalue weighted by molar-refractivity contribution is 6.27. The molecule has 10 heterocycles. The van der Waals surface area contributed by atoms with Crippen molar-refractivity contribution in [1.29, 1.82) is 0 Å². The molecule has 0 atom stereocenters. The molecule has 0 radical (unpaired) electrons. The second-order valence-corrected chi connectivity index (χ2v) is 34.7. The Morgan fingerprint density at radius 1 is 0.163 bits per heavy atom. The topological polar surface area (TPSA) is 136 Å². The highest BCUT2D eigenvalue weighted by Crippen LogP contribution is 2.44. The van der Waals surface area contributed by atoms with E-state index < -0.39 is 0 Å². The van der Waals surface area contributed by atoms with E-state index in [0.717, 1.165) is 155 Å². The van der Waals surface area contributed by atoms with Crippen LogP contribution in [0.1, 0.15) is 0 Å². The van der Waals surface area contributed by atoms with Crippen LogP contribution >= 0.6 is 0 Å². The first-order valence-electron chi connectivity index (χ1n) is 45.4. The minimum Gasteiger partial charge on any atom is -0.309 e. The van der Waals surface area contributed by atoms with E-state index in [1.807, 2.05) is 79.1 Å². The van der Waals surface area contributed by atoms with Crippen molar-refractivity contribution >= 4 is 192 Å². The van der Waals surface area contributed by atoms with Crippen LogP contribution in [0.2, 0.25) is 0 Å². The van der Waals surface area contributed by atoms with Crippen LogP contribution in [0.4, 0.5) is 0 Å². The van der Waals surface area contributed by atoms with Crippen LogP contribution in [0.25, 0.3) is 260 Å². The van der Waals surface area contributed by atoms with E-state index in [1.54, 1.807) is 0 Å². The van der Waals surface area contributed by atoms with E-state index in [9.17, 15) is 0 Å². The molecule has 30 rings (SSSR count). The van der Waals surface area contributed by atoms with Gasteiger partial charge in [-0.1, -0.05) is 297 Å². The first-order chi connectivity index (χ1) is 66.9. The second-order valence-electron chi connectivity index (χ2n) is 34.7. The third kappa shape index (κ3) is 11.9. The number of fused-ring (bicyclic) bond motifs is 32. The average molecular weight is 1730 g/mol. The van der Waals surface area contributed by atoms with Gasteiger partial charge in [0.2, 0.25) is 29.2 Å². The predicted molar refractivity (Wildman–Crippen MR) is 554 cm³/mol. The summed E-state index contributed by atoms with van der Waals surface area (Å²) in [6.45, 7) is 0. The number of para-hydroxylation sites is 10. The summed E-state index contributed by atoms with van der Waals surface area (Å²) in [5.41, 5.74) is 28.0. The zero-order valence-electron chi connectivity index (χ0n) is 72.4. The first kappa shape index (κ1) is 75.4. The molecule has 0 aliphatic heterocycles. The minimum atomic E-state index is 0.604. The normalized spacial score (nSPS) is 12.0. The maximum absolute atomic E-state index is 5.40. The molecule has 0 amide bonds. The Labute approximate surface area is 769 Å². The summed E-state index contributed by atoms with van der Waals surface area (Å²) in [5.74, 6) is 4.50. The third-order valence-electron chi connectivity index (χ3n) is 27.2. The highest BCUT2D eigenvalue weighted by atomic mass is 15.3. The molecule has 15 heteroatoms. The number of nitrogens with zero attached hydrogens (tertiary/aromatic N) is 15. The number of hydrogen-bond acceptors (Lipinski definition) is 8. The Bertz CT molecular complexity index is 10100. The van der Waals surface area contributed by atoms with Crippen molar-refractivity contribution in [2.45, 2.75) is 0 Å². The van der Waals surface area contributed by atoms with Crippen LogP contribution in [-0.4, -0.2) is 71.3 Å². The molecular formula is C120H73N15. The molecule has 0 unspecified atom stereocenters. The standard InChI is InChI=1S/C42H26N4.C39H24N6.C39H23N5/c1-2-10-27(11-3-1)28-18-20-29(21-19-28)30-22-24-38-39(26-30)45-37-17-9-8-16-36(37)43-42(45)46(38)40-25-23-35-33-14-5-4-12-31(33)32-13-6-7-15-34(32)41(35)44-40;1-2-11-28(12-3-1)43-33-16-8-5-13-29(33)30-22-25(18-20-34(30)43)26-19-21-36-37(23-26)44-35-17-9-7-15-32(35)42-39(44)45(36)38-40-24-27-10-4-6-14-31(27)41-38;1-6-14-33-26(9-1)23-40-38(41-33)44-36-20-18-25(22-37(36)43-35-16-8-7-15-34(35)42-39(43)44)24-17-19-31-29-12-3-2-10-27(29)28-11-4-5-13-30(28)32(31)21-24/h1-26H;1-24H;1-23H. The Hall–Kier alpha value is -18.6. The van der Waals surface area contributed by atoms with E-state index in [0.29, 0.717) is 11.9 Å². The molecule has 30 aromatic rings. The summed E-state index contributed by atoms with van der Waals surface area (Å²) in [7, 11) is 0. The zero-order chi connectivity index (χ0) is 88.5. The fourth-order valence-corrected chi connectivity index (χ4v) is 21.0. The van der Waals surface area contributed by atoms with Gasteiger partial charge in [0, 0.05) is 50.4 Å². The lowest BCUT2D eigenvalue weighted by atomic mass is 9.92. The van der Waals surface area contributed by atoms with Gasteiger partial charge in [-0.05, 0) is 226 Å². The van der Waals surface area contributed by atoms with Gasteiger partial charge >= 0.3 is 0 Å². The Morgan fingerprint density at radius 3 is 0.970 bits per heavy atom. The average Bonchev–Trinajstić information content (AvgIpc) is 1.57. The summed E-state index contributed by atoms with van der Waals surface area (Å²) in [5, 5.41) is 18.1. The summed E-state index contributed by atoms with van der Waals surface area (Å²) < 4.78 is 15.4. The molecule has 0 fully saturated rings. The van der Waals surface area contributed by atoms with Crippen molar-refractivity contribution in [3.05, 3.63) is 443 Å². The lowest BCUT2D eigenvalue weighted by molar-refractivity contribution is 0.983. The Balaban J connectivity index is 0.000000101. The third-order valence-corrected chi connectivity index (χ3v) is 27.2. The fourth-order valence-electron chi connectivity index (χ4n) is 21.0. The van der Waals surface area contributed by atoms with E-state index in [-0.39, 0.29) is 0 Å². The number of rotatable bonds is 8. The molecule has 628 valence electrons. The molecule has 0 saturated carbocycles. The number of benzene rings is 20. The minimum absolute atomic E-state index is 0.604. The summed E-state index contributed by atoms with van der Waals surface area (Å²) >= 11 is 0. The molecule has 135 heavy (non-hydrogen) atoms. The van der Waals surface area contributed by atoms with Crippen LogP contribution in [0, 0.1) is 0 Å². The van der Waals surface area contributed by atoms with Gasteiger partial charge < -0.3 is 4.57 Å². The van der Waals surface area contributed by atoms with Gasteiger partial charge in [0.25, 0.3) is 0 Å². The predicted octanol–water partition coefficient (Wildman–Crippen LogP) is 29.3. The van der Waals surface area contributed by atoms with E-state index in [2.05, 4.69) is 395 Å². The van der Waals surface area contributed by atoms with Gasteiger partial charge in [0.05, 0.1) is 93.8 Å². The lowest BCUT2D eigenvalue weighted by Crippen LogP contribution is -2.01. The van der Waals surface area contributed by atoms with Crippen molar-refractivity contribution in [2.75, 3.05) is 0 Å². The Kier molecular flexibility index (Phi) is 16.7. The number of imidazole rings is 6. The molecule has 0 N–H and O–H groups in total. The van der Waals surface area contributed by atoms with Crippen molar-refractivity contribution < 1.29 is 0 Å². The van der Waals surface area contributed by atoms with E-state index in [4.69, 9.17) is 39.9 Å². The Morgan fingerprint density at radius 2 is 0.474 bits per heavy atom. The maximum Gasteiger partial charge on any atom is 0.237 e. The van der Waals surface area contributed by atoms with Crippen molar-refractivity contribution in [1.82, 2.24) is 71.3 Å². The van der Waals surface area contributed by atoms with Crippen LogP contribution in [0.5, 0.6) is 0 Å². The summed E-state index contributed by atoms with van der Waals surface area (Å²) in [6, 6.07) is 152. The summed E-state index contributed by atoms with van der Waals surface area (Å²) in [4.78, 5) is 40.2. The molecule has 10 aromatic heterocycles. The van der Waals surface area contributed by atoms with Gasteiger partial charge in [-0.3, -0.25) is 17.8 Å². The smallest absolute Gasteiger partial charge is 0.237 e. The molecule has 0 aliphatic rings. The van der Waals surface area contributed by atoms with Gasteiger partial charge in [0.15, 0.2) is 0 Å². The van der Waals surface area contributed by atoms with E-state index >= 15 is 0 Å². The lowest BCUT2D eigenvalue weighted by Gasteiger charge is -2.12. The van der Waals surface area contributed by atoms with Crippen LogP contribution in [0.15, 0.2) is 443 Å². The van der Waals surface area contributed by atoms with Gasteiger partial charge in [-0.2, -0.15) is 0 Å². The monoisotopic (exact) mass is 1720 g/mol. The maximum atomic E-state index is 5.40. The first-order valence-corrected chi connectivity index (χ1v) is 45.4. The van der Waals surface area contributed by atoms with E-state index in [1.165, 1.54) is 92.5 Å². The van der Waals surface area contributed by atoms with Crippen LogP contribution < -0.4 is 0 Å². The molecule has 0 aliphatic carbocycles. The fraction of sp³-hybridized carbons (Fsp3) is 0. The molecule has 0 saturated heterocycles. The van der Waals surface area contributed by atoms with Gasteiger partial charge in [-0.25, -0.2) is 49.0 Å². The van der Waals surface area contributed by atoms with Crippen molar-refractivity contribution in [3.8, 4) is 67.9 Å². The number of aromatic nitrogens is 15. The van der Waals surface area contributed by atoms with Gasteiger partial charge in [-0.15, -0.1) is 0 Å². The molecule has 20 aromatic carbocycles. The molecular weight excluding hydrogens is 1650 g/mol. The largest absolute Gasteiger partial charge is 0.309 e. The number of hydrogen-bond donors (Lipinski definition) is 0. The summed E-state index contributed by atoms with van der Waals surface area (Å²) in [6.07, 6.45) is 3.78. The van der Waals surface area contributed by atoms with Crippen molar-refractivity contribution in [2.24, 2.45) is 0 Å². The SMILES string of the molecule is c1ccc(-c2ccc(-c3ccc4c(c3)n3c5ccccc5nc3n4-c3ccc4c5ccccc5c5ccccc5c4n3)cc2)cc1.c1ccc(-n2c3ccccc3c3cc(-c4ccc5c(c4)n4c6ccccc6nc4n5-c4ncc5ccccc5n4)ccc32)cc1.c1ccc2nc(-n3c4ccc(-c5ccc6c7ccccc7c7ccccc7c6c5)cc4n4c5ccccc5nc34)ncc2c1.